The van der Waals surface area contributed by atoms with Gasteiger partial charge in [0.25, 0.3) is 0 Å². The zero-order chi connectivity index (χ0) is 18.1. The topological polar surface area (TPSA) is 111 Å². The summed E-state index contributed by atoms with van der Waals surface area (Å²) in [7, 11) is -7.21. The van der Waals surface area contributed by atoms with E-state index in [9.17, 15) is 16.8 Å². The molecule has 2 fully saturated rings. The van der Waals surface area contributed by atoms with E-state index in [1.165, 1.54) is 26.9 Å². The molecule has 136 valence electrons. The molecule has 3 heterocycles. The maximum atomic E-state index is 12.8. The minimum Gasteiger partial charge on any atom is -0.244 e. The fraction of sp³-hybridized carbons (Fsp3) is 0.600. The van der Waals surface area contributed by atoms with Crippen LogP contribution < -0.4 is 0 Å². The van der Waals surface area contributed by atoms with Crippen molar-refractivity contribution in [3.63, 3.8) is 0 Å². The first kappa shape index (κ1) is 18.3. The van der Waals surface area contributed by atoms with Crippen LogP contribution in [0.25, 0.3) is 0 Å². The molecule has 0 unspecified atom stereocenters. The van der Waals surface area contributed by atoms with E-state index in [0.717, 1.165) is 12.8 Å². The second kappa shape index (κ2) is 6.99. The van der Waals surface area contributed by atoms with Gasteiger partial charge in [-0.2, -0.15) is 9.57 Å². The molecule has 25 heavy (non-hydrogen) atoms. The Morgan fingerprint density at radius 2 is 1.68 bits per heavy atom. The molecule has 3 rings (SSSR count). The average molecular weight is 384 g/mol. The fourth-order valence-electron chi connectivity index (χ4n) is 3.35. The van der Waals surface area contributed by atoms with Gasteiger partial charge in [-0.15, -0.1) is 0 Å². The SMILES string of the molecule is N#Cc1ncccc1S(=O)(=O)N1CCC(S(=O)(=O)N2CCCC2)CC1. The standard InChI is InChI=1S/C15H20N4O4S2/c16-12-14-15(4-3-7-17-14)25(22,23)19-10-5-13(6-11-19)24(20,21)18-8-1-2-9-18/h3-4,7,13H,1-2,5-6,8-11H2. The van der Waals surface area contributed by atoms with Crippen LogP contribution in [0, 0.1) is 11.3 Å². The Labute approximate surface area is 148 Å². The van der Waals surface area contributed by atoms with E-state index in [-0.39, 0.29) is 36.5 Å². The van der Waals surface area contributed by atoms with Gasteiger partial charge in [0.1, 0.15) is 11.0 Å². The molecule has 0 bridgehead atoms. The van der Waals surface area contributed by atoms with Gasteiger partial charge in [0, 0.05) is 32.4 Å². The maximum absolute atomic E-state index is 12.8. The van der Waals surface area contributed by atoms with Gasteiger partial charge >= 0.3 is 0 Å². The third-order valence-corrected chi connectivity index (χ3v) is 9.07. The summed E-state index contributed by atoms with van der Waals surface area (Å²) in [6.45, 7) is 1.36. The molecular formula is C15H20N4O4S2. The summed E-state index contributed by atoms with van der Waals surface area (Å²) >= 11 is 0. The quantitative estimate of drug-likeness (QED) is 0.749. The lowest BCUT2D eigenvalue weighted by molar-refractivity contribution is 0.337. The van der Waals surface area contributed by atoms with Gasteiger partial charge < -0.3 is 0 Å². The molecule has 1 aromatic rings. The van der Waals surface area contributed by atoms with Crippen molar-refractivity contribution in [1.29, 1.82) is 5.26 Å². The van der Waals surface area contributed by atoms with Crippen molar-refractivity contribution in [2.75, 3.05) is 26.2 Å². The summed E-state index contributed by atoms with van der Waals surface area (Å²) in [6, 6.07) is 4.62. The van der Waals surface area contributed by atoms with Crippen molar-refractivity contribution in [3.05, 3.63) is 24.0 Å². The lowest BCUT2D eigenvalue weighted by atomic mass is 10.2. The van der Waals surface area contributed by atoms with Crippen LogP contribution in [-0.4, -0.2) is 61.9 Å². The van der Waals surface area contributed by atoms with Gasteiger partial charge in [0.15, 0.2) is 5.69 Å². The van der Waals surface area contributed by atoms with Crippen LogP contribution in [-0.2, 0) is 20.0 Å². The number of piperidine rings is 1. The van der Waals surface area contributed by atoms with Crippen molar-refractivity contribution < 1.29 is 16.8 Å². The highest BCUT2D eigenvalue weighted by atomic mass is 32.2. The third-order valence-electron chi connectivity index (χ3n) is 4.74. The third kappa shape index (κ3) is 3.42. The van der Waals surface area contributed by atoms with Crippen molar-refractivity contribution in [3.8, 4) is 6.07 Å². The van der Waals surface area contributed by atoms with E-state index in [1.807, 2.05) is 0 Å². The summed E-state index contributed by atoms with van der Waals surface area (Å²) in [6.07, 6.45) is 3.65. The molecule has 0 N–H and O–H groups in total. The number of hydrogen-bond acceptors (Lipinski definition) is 6. The normalized spacial score (nSPS) is 21.2. The molecule has 0 spiro atoms. The van der Waals surface area contributed by atoms with Crippen molar-refractivity contribution in [1.82, 2.24) is 13.6 Å². The maximum Gasteiger partial charge on any atom is 0.245 e. The number of aromatic nitrogens is 1. The van der Waals surface area contributed by atoms with Crippen LogP contribution in [0.1, 0.15) is 31.4 Å². The molecule has 2 saturated heterocycles. The molecule has 0 aromatic carbocycles. The van der Waals surface area contributed by atoms with Crippen molar-refractivity contribution in [2.24, 2.45) is 0 Å². The lowest BCUT2D eigenvalue weighted by Crippen LogP contribution is -2.46. The Morgan fingerprint density at radius 1 is 1.04 bits per heavy atom. The van der Waals surface area contributed by atoms with Gasteiger partial charge in [0.05, 0.1) is 5.25 Å². The predicted molar refractivity (Wildman–Crippen MR) is 90.5 cm³/mol. The van der Waals surface area contributed by atoms with Gasteiger partial charge in [0.2, 0.25) is 20.0 Å². The first-order valence-electron chi connectivity index (χ1n) is 8.21. The minimum atomic E-state index is -3.85. The number of pyridine rings is 1. The predicted octanol–water partition coefficient (Wildman–Crippen LogP) is 0.532. The molecular weight excluding hydrogens is 364 g/mol. The van der Waals surface area contributed by atoms with Crippen molar-refractivity contribution in [2.45, 2.75) is 35.8 Å². The number of nitriles is 1. The molecule has 0 radical (unpaired) electrons. The number of rotatable bonds is 4. The van der Waals surface area contributed by atoms with E-state index < -0.39 is 25.3 Å². The molecule has 8 nitrogen and oxygen atoms in total. The number of sulfonamides is 2. The zero-order valence-corrected chi connectivity index (χ0v) is 15.3. The highest BCUT2D eigenvalue weighted by Gasteiger charge is 2.39. The zero-order valence-electron chi connectivity index (χ0n) is 13.7. The summed E-state index contributed by atoms with van der Waals surface area (Å²) < 4.78 is 53.5. The van der Waals surface area contributed by atoms with Crippen LogP contribution in [0.2, 0.25) is 0 Å². The summed E-state index contributed by atoms with van der Waals surface area (Å²) in [5.74, 6) is 0. The molecule has 0 atom stereocenters. The van der Waals surface area contributed by atoms with Crippen LogP contribution >= 0.6 is 0 Å². The second-order valence-corrected chi connectivity index (χ2v) is 10.3. The molecule has 1 aromatic heterocycles. The first-order chi connectivity index (χ1) is 11.9. The second-order valence-electron chi connectivity index (χ2n) is 6.22. The van der Waals surface area contributed by atoms with Crippen LogP contribution in [0.5, 0.6) is 0 Å². The fourth-order valence-corrected chi connectivity index (χ4v) is 6.90. The van der Waals surface area contributed by atoms with E-state index >= 15 is 0 Å². The smallest absolute Gasteiger partial charge is 0.244 e. The van der Waals surface area contributed by atoms with Gasteiger partial charge in [-0.1, -0.05) is 0 Å². The first-order valence-corrected chi connectivity index (χ1v) is 11.2. The van der Waals surface area contributed by atoms with Crippen LogP contribution in [0.3, 0.4) is 0 Å². The molecule has 0 saturated carbocycles. The number of hydrogen-bond donors (Lipinski definition) is 0. The summed E-state index contributed by atoms with van der Waals surface area (Å²) in [5.41, 5.74) is -0.144. The van der Waals surface area contributed by atoms with E-state index in [1.54, 1.807) is 6.07 Å². The Balaban J connectivity index is 1.75. The number of nitrogens with zero attached hydrogens (tertiary/aromatic N) is 4. The lowest BCUT2D eigenvalue weighted by Gasteiger charge is -2.32. The minimum absolute atomic E-state index is 0.125. The molecule has 2 aliphatic rings. The molecule has 2 aliphatic heterocycles. The van der Waals surface area contributed by atoms with E-state index in [2.05, 4.69) is 4.98 Å². The van der Waals surface area contributed by atoms with Gasteiger partial charge in [-0.3, -0.25) is 0 Å². The van der Waals surface area contributed by atoms with Crippen LogP contribution in [0.15, 0.2) is 23.2 Å². The summed E-state index contributed by atoms with van der Waals surface area (Å²) in [4.78, 5) is 3.67. The van der Waals surface area contributed by atoms with Gasteiger partial charge in [-0.05, 0) is 37.8 Å². The Kier molecular flexibility index (Phi) is 5.11. The largest absolute Gasteiger partial charge is 0.245 e. The van der Waals surface area contributed by atoms with Crippen LogP contribution in [0.4, 0.5) is 0 Å². The highest BCUT2D eigenvalue weighted by Crippen LogP contribution is 2.27. The highest BCUT2D eigenvalue weighted by molar-refractivity contribution is 7.90. The Hall–Kier alpha value is -1.54. The Morgan fingerprint density at radius 3 is 2.28 bits per heavy atom. The van der Waals surface area contributed by atoms with Gasteiger partial charge in [-0.25, -0.2) is 26.1 Å². The monoisotopic (exact) mass is 384 g/mol. The van der Waals surface area contributed by atoms with E-state index in [0.29, 0.717) is 13.1 Å². The molecule has 0 aliphatic carbocycles. The Bertz CT molecular complexity index is 878. The van der Waals surface area contributed by atoms with Crippen molar-refractivity contribution >= 4 is 20.0 Å². The van der Waals surface area contributed by atoms with E-state index in [4.69, 9.17) is 5.26 Å². The molecule has 10 heteroatoms. The molecule has 0 amide bonds. The average Bonchev–Trinajstić information content (AvgIpc) is 3.17. The summed E-state index contributed by atoms with van der Waals surface area (Å²) in [5, 5.41) is 8.53.